The molecular weight excluding hydrogens is 349 g/mol. The highest BCUT2D eigenvalue weighted by Gasteiger charge is 2.29. The molecule has 1 saturated heterocycles. The fourth-order valence-corrected chi connectivity index (χ4v) is 2.58. The van der Waals surface area contributed by atoms with E-state index < -0.39 is 5.97 Å². The lowest BCUT2D eigenvalue weighted by molar-refractivity contribution is -0.121. The van der Waals surface area contributed by atoms with Gasteiger partial charge < -0.3 is 9.64 Å². The Bertz CT molecular complexity index is 541. The molecule has 1 aliphatic rings. The maximum absolute atomic E-state index is 11.6. The van der Waals surface area contributed by atoms with Crippen molar-refractivity contribution in [2.24, 2.45) is 0 Å². The maximum Gasteiger partial charge on any atom is 0.337 e. The van der Waals surface area contributed by atoms with E-state index in [1.165, 1.54) is 12.0 Å². The van der Waals surface area contributed by atoms with E-state index in [0.29, 0.717) is 11.3 Å². The Kier molecular flexibility index (Phi) is 3.65. The summed E-state index contributed by atoms with van der Waals surface area (Å²) in [5.74, 6) is -0.722. The molecule has 0 atom stereocenters. The van der Waals surface area contributed by atoms with Crippen LogP contribution in [0, 0.1) is 3.57 Å². The third-order valence-electron chi connectivity index (χ3n) is 2.64. The Morgan fingerprint density at radius 3 is 2.61 bits per heavy atom. The molecule has 0 aliphatic carbocycles. The molecule has 1 aromatic rings. The minimum atomic E-state index is -0.428. The van der Waals surface area contributed by atoms with Crippen molar-refractivity contribution in [3.8, 4) is 0 Å². The Morgan fingerprint density at radius 1 is 1.39 bits per heavy atom. The summed E-state index contributed by atoms with van der Waals surface area (Å²) in [5.41, 5.74) is 1.07. The van der Waals surface area contributed by atoms with E-state index in [2.05, 4.69) is 4.74 Å². The van der Waals surface area contributed by atoms with E-state index in [1.807, 2.05) is 22.6 Å². The fraction of sp³-hybridized carbons (Fsp3) is 0.250. The van der Waals surface area contributed by atoms with Gasteiger partial charge in [-0.1, -0.05) is 0 Å². The summed E-state index contributed by atoms with van der Waals surface area (Å²) in [6.07, 6.45) is -0.0468. The lowest BCUT2D eigenvalue weighted by Gasteiger charge is -2.16. The number of ether oxygens (including phenoxy) is 1. The monoisotopic (exact) mass is 359 g/mol. The van der Waals surface area contributed by atoms with Crippen molar-refractivity contribution >= 4 is 45.9 Å². The number of nitrogens with zero attached hydrogens (tertiary/aromatic N) is 1. The first-order chi connectivity index (χ1) is 8.52. The van der Waals surface area contributed by atoms with Crippen LogP contribution in [0.3, 0.4) is 0 Å². The third-order valence-corrected chi connectivity index (χ3v) is 3.51. The first kappa shape index (κ1) is 13.0. The lowest BCUT2D eigenvalue weighted by Crippen LogP contribution is -2.25. The van der Waals surface area contributed by atoms with Crippen LogP contribution in [0.4, 0.5) is 5.69 Å². The van der Waals surface area contributed by atoms with Gasteiger partial charge in [-0.25, -0.2) is 4.79 Å². The second-order valence-electron chi connectivity index (χ2n) is 3.85. The second kappa shape index (κ2) is 5.05. The van der Waals surface area contributed by atoms with E-state index in [9.17, 15) is 14.4 Å². The van der Waals surface area contributed by atoms with Gasteiger partial charge in [0.1, 0.15) is 0 Å². The Balaban J connectivity index is 2.33. The summed E-state index contributed by atoms with van der Waals surface area (Å²) in [4.78, 5) is 35.6. The number of rotatable bonds is 2. The molecule has 5 nitrogen and oxygen atoms in total. The smallest absolute Gasteiger partial charge is 0.337 e. The molecule has 1 amide bonds. The zero-order valence-corrected chi connectivity index (χ0v) is 11.8. The van der Waals surface area contributed by atoms with Crippen molar-refractivity contribution in [2.45, 2.75) is 6.42 Å². The number of ketones is 1. The highest BCUT2D eigenvalue weighted by molar-refractivity contribution is 14.1. The van der Waals surface area contributed by atoms with E-state index in [4.69, 9.17) is 0 Å². The number of hydrogen-bond acceptors (Lipinski definition) is 4. The zero-order chi connectivity index (χ0) is 13.3. The van der Waals surface area contributed by atoms with Crippen molar-refractivity contribution in [3.63, 3.8) is 0 Å². The van der Waals surface area contributed by atoms with Crippen molar-refractivity contribution < 1.29 is 19.1 Å². The van der Waals surface area contributed by atoms with Crippen LogP contribution in [0.25, 0.3) is 0 Å². The molecule has 0 bridgehead atoms. The van der Waals surface area contributed by atoms with Crippen molar-refractivity contribution in [1.29, 1.82) is 0 Å². The summed E-state index contributed by atoms with van der Waals surface area (Å²) >= 11 is 2.03. The molecule has 18 heavy (non-hydrogen) atoms. The topological polar surface area (TPSA) is 63.7 Å². The highest BCUT2D eigenvalue weighted by atomic mass is 127. The van der Waals surface area contributed by atoms with E-state index in [1.54, 1.807) is 18.2 Å². The van der Waals surface area contributed by atoms with Crippen LogP contribution in [-0.2, 0) is 14.3 Å². The number of anilines is 1. The van der Waals surface area contributed by atoms with Crippen molar-refractivity contribution in [2.75, 3.05) is 18.6 Å². The average Bonchev–Trinajstić information content (AvgIpc) is 2.67. The molecule has 94 valence electrons. The molecule has 1 fully saturated rings. The van der Waals surface area contributed by atoms with Crippen molar-refractivity contribution in [1.82, 2.24) is 0 Å². The molecule has 1 aromatic carbocycles. The van der Waals surface area contributed by atoms with Gasteiger partial charge >= 0.3 is 5.97 Å². The van der Waals surface area contributed by atoms with Crippen LogP contribution in [0.2, 0.25) is 0 Å². The molecular formula is C12H10INO4. The molecule has 0 aromatic heterocycles. The van der Waals surface area contributed by atoms with Gasteiger partial charge in [0.15, 0.2) is 5.78 Å². The SMILES string of the molecule is COC(=O)c1ccc(N2CC(=O)CC2=O)c(I)c1. The average molecular weight is 359 g/mol. The van der Waals surface area contributed by atoms with Gasteiger partial charge in [0.2, 0.25) is 5.91 Å². The number of halogens is 1. The highest BCUT2D eigenvalue weighted by Crippen LogP contribution is 2.27. The van der Waals surface area contributed by atoms with Gasteiger partial charge in [-0.05, 0) is 40.8 Å². The van der Waals surface area contributed by atoms with Crippen LogP contribution in [-0.4, -0.2) is 31.3 Å². The molecule has 0 unspecified atom stereocenters. The normalized spacial score (nSPS) is 15.1. The predicted molar refractivity (Wildman–Crippen MR) is 72.5 cm³/mol. The zero-order valence-electron chi connectivity index (χ0n) is 9.60. The third kappa shape index (κ3) is 2.38. The summed E-state index contributed by atoms with van der Waals surface area (Å²) in [6.45, 7) is 0.104. The van der Waals surface area contributed by atoms with E-state index >= 15 is 0 Å². The van der Waals surface area contributed by atoms with Crippen LogP contribution in [0.15, 0.2) is 18.2 Å². The molecule has 2 rings (SSSR count). The molecule has 0 saturated carbocycles. The minimum Gasteiger partial charge on any atom is -0.465 e. The molecule has 1 aliphatic heterocycles. The van der Waals surface area contributed by atoms with Crippen LogP contribution < -0.4 is 4.90 Å². The Hall–Kier alpha value is -1.44. The maximum atomic E-state index is 11.6. The Morgan fingerprint density at radius 2 is 2.11 bits per heavy atom. The molecule has 6 heteroatoms. The molecule has 0 N–H and O–H groups in total. The minimum absolute atomic E-state index is 0.0468. The number of benzene rings is 1. The quantitative estimate of drug-likeness (QED) is 0.455. The van der Waals surface area contributed by atoms with E-state index in [0.717, 1.165) is 3.57 Å². The Labute approximate surface area is 117 Å². The summed E-state index contributed by atoms with van der Waals surface area (Å²) in [7, 11) is 1.31. The van der Waals surface area contributed by atoms with Crippen LogP contribution in [0.5, 0.6) is 0 Å². The number of amides is 1. The van der Waals surface area contributed by atoms with Gasteiger partial charge in [-0.15, -0.1) is 0 Å². The van der Waals surface area contributed by atoms with Gasteiger partial charge in [0.25, 0.3) is 0 Å². The largest absolute Gasteiger partial charge is 0.465 e. The van der Waals surface area contributed by atoms with Gasteiger partial charge in [-0.3, -0.25) is 9.59 Å². The second-order valence-corrected chi connectivity index (χ2v) is 5.02. The first-order valence-corrected chi connectivity index (χ1v) is 6.30. The number of carbonyl (C=O) groups is 3. The fourth-order valence-electron chi connectivity index (χ4n) is 1.77. The van der Waals surface area contributed by atoms with Gasteiger partial charge in [-0.2, -0.15) is 0 Å². The van der Waals surface area contributed by atoms with Crippen LogP contribution >= 0.6 is 22.6 Å². The summed E-state index contributed by atoms with van der Waals surface area (Å²) < 4.78 is 5.35. The number of hydrogen-bond donors (Lipinski definition) is 0. The molecule has 0 radical (unpaired) electrons. The molecule has 1 heterocycles. The van der Waals surface area contributed by atoms with Gasteiger partial charge in [0.05, 0.1) is 31.3 Å². The van der Waals surface area contributed by atoms with Crippen LogP contribution in [0.1, 0.15) is 16.8 Å². The number of methoxy groups -OCH3 is 1. The molecule has 0 spiro atoms. The number of esters is 1. The first-order valence-electron chi connectivity index (χ1n) is 5.23. The lowest BCUT2D eigenvalue weighted by atomic mass is 10.2. The predicted octanol–water partition coefficient (Wildman–Crippen LogP) is 1.38. The van der Waals surface area contributed by atoms with Crippen molar-refractivity contribution in [3.05, 3.63) is 27.3 Å². The standard InChI is InChI=1S/C12H10INO4/c1-18-12(17)7-2-3-10(9(13)4-7)14-6-8(15)5-11(14)16/h2-4H,5-6H2,1H3. The summed E-state index contributed by atoms with van der Waals surface area (Å²) in [5, 5.41) is 0. The van der Waals surface area contributed by atoms with Gasteiger partial charge in [0, 0.05) is 3.57 Å². The number of carbonyl (C=O) groups excluding carboxylic acids is 3. The summed E-state index contributed by atoms with van der Waals surface area (Å²) in [6, 6.07) is 4.88. The number of Topliss-reactive ketones (excluding diaryl/α,β-unsaturated/α-hetero) is 1. The van der Waals surface area contributed by atoms with E-state index in [-0.39, 0.29) is 24.7 Å².